The number of benzene rings is 6. The van der Waals surface area contributed by atoms with Crippen LogP contribution in [-0.2, 0) is 10.8 Å². The summed E-state index contributed by atoms with van der Waals surface area (Å²) in [6.45, 7) is 9.58. The van der Waals surface area contributed by atoms with Crippen LogP contribution in [0.2, 0.25) is 0 Å². The fourth-order valence-corrected chi connectivity index (χ4v) is 10.3. The van der Waals surface area contributed by atoms with E-state index in [1.807, 2.05) is 72.8 Å². The van der Waals surface area contributed by atoms with E-state index in [4.69, 9.17) is 19.4 Å². The molecule has 0 fully saturated rings. The van der Waals surface area contributed by atoms with Gasteiger partial charge in [0.15, 0.2) is 17.5 Å². The number of hydrogen-bond donors (Lipinski definition) is 0. The lowest BCUT2D eigenvalue weighted by Gasteiger charge is -2.59. The van der Waals surface area contributed by atoms with Crippen molar-refractivity contribution in [1.82, 2.24) is 15.0 Å². The summed E-state index contributed by atoms with van der Waals surface area (Å²) in [5.74, 6) is 2.10. The van der Waals surface area contributed by atoms with Gasteiger partial charge in [-0.15, -0.1) is 0 Å². The molecule has 0 radical (unpaired) electrons. The lowest BCUT2D eigenvalue weighted by atomic mass is 9.52. The molecule has 8 aromatic rings. The molecular weight excluding hydrogens is 709 g/mol. The average Bonchev–Trinajstić information content (AvgIpc) is 3.65. The second kappa shape index (κ2) is 12.6. The Labute approximate surface area is 338 Å². The molecule has 4 unspecified atom stereocenters. The van der Waals surface area contributed by atoms with Crippen molar-refractivity contribution in [3.63, 3.8) is 0 Å². The quantitative estimate of drug-likeness (QED) is 0.164. The van der Waals surface area contributed by atoms with Gasteiger partial charge in [0.25, 0.3) is 0 Å². The molecule has 0 bridgehead atoms. The van der Waals surface area contributed by atoms with Crippen LogP contribution in [0.25, 0.3) is 56.1 Å². The molecular formula is C53H42N4O. The van der Waals surface area contributed by atoms with Crippen LogP contribution in [0.4, 0.5) is 11.4 Å². The van der Waals surface area contributed by atoms with E-state index in [1.165, 1.54) is 33.6 Å². The predicted molar refractivity (Wildman–Crippen MR) is 236 cm³/mol. The summed E-state index contributed by atoms with van der Waals surface area (Å²) in [5, 5.41) is 2.03. The van der Waals surface area contributed by atoms with Crippen molar-refractivity contribution in [2.45, 2.75) is 44.1 Å². The maximum absolute atomic E-state index is 6.79. The van der Waals surface area contributed by atoms with Gasteiger partial charge in [-0.2, -0.15) is 0 Å². The van der Waals surface area contributed by atoms with E-state index in [0.29, 0.717) is 17.5 Å². The van der Waals surface area contributed by atoms with Gasteiger partial charge >= 0.3 is 0 Å². The Bertz CT molecular complexity index is 2960. The number of anilines is 2. The summed E-state index contributed by atoms with van der Waals surface area (Å²) in [6, 6.07) is 53.0. The van der Waals surface area contributed by atoms with E-state index in [9.17, 15) is 0 Å². The Morgan fingerprint density at radius 3 is 1.91 bits per heavy atom. The summed E-state index contributed by atoms with van der Waals surface area (Å²) in [6.07, 6.45) is 9.82. The zero-order valence-corrected chi connectivity index (χ0v) is 33.0. The number of aromatic nitrogens is 3. The molecule has 6 aromatic carbocycles. The number of allylic oxidation sites excluding steroid dienone is 4. The molecule has 0 amide bonds. The van der Waals surface area contributed by atoms with Gasteiger partial charge in [-0.1, -0.05) is 153 Å². The van der Waals surface area contributed by atoms with Crippen molar-refractivity contribution in [2.75, 3.05) is 4.90 Å². The number of para-hydroxylation sites is 2. The third-order valence-electron chi connectivity index (χ3n) is 13.0. The first kappa shape index (κ1) is 34.4. The molecule has 11 rings (SSSR count). The third-order valence-corrected chi connectivity index (χ3v) is 13.0. The van der Waals surface area contributed by atoms with E-state index in [0.717, 1.165) is 38.6 Å². The number of fused-ring (bicyclic) bond motifs is 5. The van der Waals surface area contributed by atoms with Crippen molar-refractivity contribution < 1.29 is 4.42 Å². The first-order chi connectivity index (χ1) is 28.3. The Morgan fingerprint density at radius 1 is 0.569 bits per heavy atom. The van der Waals surface area contributed by atoms with Crippen molar-refractivity contribution in [3.8, 4) is 34.2 Å². The monoisotopic (exact) mass is 750 g/mol. The molecule has 0 saturated heterocycles. The van der Waals surface area contributed by atoms with Crippen molar-refractivity contribution in [3.05, 3.63) is 198 Å². The first-order valence-corrected chi connectivity index (χ1v) is 20.2. The zero-order chi connectivity index (χ0) is 39.2. The van der Waals surface area contributed by atoms with Crippen LogP contribution in [0, 0.1) is 5.92 Å². The molecule has 0 saturated carbocycles. The van der Waals surface area contributed by atoms with Crippen molar-refractivity contribution in [2.24, 2.45) is 5.92 Å². The fourth-order valence-electron chi connectivity index (χ4n) is 10.3. The third kappa shape index (κ3) is 4.92. The maximum Gasteiger partial charge on any atom is 0.164 e. The van der Waals surface area contributed by atoms with Gasteiger partial charge in [0.05, 0.1) is 5.54 Å². The van der Waals surface area contributed by atoms with Gasteiger partial charge in [0.1, 0.15) is 11.2 Å². The van der Waals surface area contributed by atoms with E-state index >= 15 is 0 Å². The highest BCUT2D eigenvalue weighted by atomic mass is 16.3. The van der Waals surface area contributed by atoms with Crippen LogP contribution in [0.1, 0.15) is 38.8 Å². The highest BCUT2D eigenvalue weighted by Crippen LogP contribution is 2.62. The molecule has 5 nitrogen and oxygen atoms in total. The Morgan fingerprint density at radius 2 is 1.21 bits per heavy atom. The zero-order valence-electron chi connectivity index (χ0n) is 33.0. The highest BCUT2D eigenvalue weighted by Gasteiger charge is 2.56. The standard InChI is InChI=1S/C53H42N4O/c1-34-29-30-52(3)41-24-14-15-25-42(41)57(38-21-12-7-13-22-38)53(4)32-31-51(2,46(34)47(52)53)37-27-28-39-44(33-37)58-43-26-16-23-40(45(39)43)50-55-48(35-17-8-5-9-18-35)54-49(56-50)36-19-10-6-11-20-36/h5-34H,1-4H3. The lowest BCUT2D eigenvalue weighted by Crippen LogP contribution is -2.58. The first-order valence-electron chi connectivity index (χ1n) is 20.2. The summed E-state index contributed by atoms with van der Waals surface area (Å²) < 4.78 is 6.79. The van der Waals surface area contributed by atoms with Gasteiger partial charge in [-0.25, -0.2) is 15.0 Å². The maximum atomic E-state index is 6.79. The SMILES string of the molecule is CC1C=CC2(C)C3=C1C(C)(c1ccc4c(c1)oc1cccc(-c5nc(-c6ccccc6)nc(-c6ccccc6)n5)c14)C=CC3(C)N(c1ccccc1)c1ccccc12. The summed E-state index contributed by atoms with van der Waals surface area (Å²) in [7, 11) is 0. The lowest BCUT2D eigenvalue weighted by molar-refractivity contribution is 0.441. The minimum absolute atomic E-state index is 0.222. The fraction of sp³-hybridized carbons (Fsp3) is 0.151. The van der Waals surface area contributed by atoms with Gasteiger partial charge in [0.2, 0.25) is 0 Å². The minimum Gasteiger partial charge on any atom is -0.456 e. The minimum atomic E-state index is -0.395. The number of furan rings is 1. The molecule has 2 aliphatic carbocycles. The number of rotatable bonds is 5. The summed E-state index contributed by atoms with van der Waals surface area (Å²) in [5.41, 5.74) is 11.2. The van der Waals surface area contributed by atoms with E-state index in [1.54, 1.807) is 0 Å². The van der Waals surface area contributed by atoms with Crippen molar-refractivity contribution in [1.29, 1.82) is 0 Å². The molecule has 2 aromatic heterocycles. The molecule has 280 valence electrons. The van der Waals surface area contributed by atoms with Crippen LogP contribution in [0.15, 0.2) is 192 Å². The smallest absolute Gasteiger partial charge is 0.164 e. The van der Waals surface area contributed by atoms with Crippen LogP contribution in [0.5, 0.6) is 0 Å². The number of nitrogens with zero attached hydrogens (tertiary/aromatic N) is 4. The molecule has 5 heteroatoms. The van der Waals surface area contributed by atoms with Crippen LogP contribution in [0.3, 0.4) is 0 Å². The van der Waals surface area contributed by atoms with Crippen molar-refractivity contribution >= 4 is 33.3 Å². The molecule has 3 aliphatic rings. The molecule has 1 aliphatic heterocycles. The van der Waals surface area contributed by atoms with Gasteiger partial charge in [0, 0.05) is 49.7 Å². The topological polar surface area (TPSA) is 55.1 Å². The average molecular weight is 751 g/mol. The molecule has 0 spiro atoms. The normalized spacial score (nSPS) is 23.3. The Kier molecular flexibility index (Phi) is 7.46. The van der Waals surface area contributed by atoms with Gasteiger partial charge < -0.3 is 9.32 Å². The summed E-state index contributed by atoms with van der Waals surface area (Å²) in [4.78, 5) is 17.7. The second-order valence-electron chi connectivity index (χ2n) is 16.5. The van der Waals surface area contributed by atoms with E-state index < -0.39 is 11.0 Å². The van der Waals surface area contributed by atoms with E-state index in [-0.39, 0.29) is 11.3 Å². The highest BCUT2D eigenvalue weighted by molar-refractivity contribution is 6.12. The van der Waals surface area contributed by atoms with E-state index in [2.05, 4.69) is 136 Å². The Hall–Kier alpha value is -6.85. The predicted octanol–water partition coefficient (Wildman–Crippen LogP) is 13.0. The van der Waals surface area contributed by atoms with Gasteiger partial charge in [-0.3, -0.25) is 0 Å². The van der Waals surface area contributed by atoms with Gasteiger partial charge in [-0.05, 0) is 79.3 Å². The van der Waals surface area contributed by atoms with Crippen LogP contribution >= 0.6 is 0 Å². The molecule has 3 heterocycles. The molecule has 4 atom stereocenters. The summed E-state index contributed by atoms with van der Waals surface area (Å²) >= 11 is 0. The van der Waals surface area contributed by atoms with Crippen LogP contribution < -0.4 is 4.90 Å². The van der Waals surface area contributed by atoms with Crippen LogP contribution in [-0.4, -0.2) is 20.5 Å². The molecule has 0 N–H and O–H groups in total. The second-order valence-corrected chi connectivity index (χ2v) is 16.5. The number of hydrogen-bond acceptors (Lipinski definition) is 5. The largest absolute Gasteiger partial charge is 0.456 e. The molecule has 58 heavy (non-hydrogen) atoms. The Balaban J connectivity index is 1.09.